The lowest BCUT2D eigenvalue weighted by Crippen LogP contribution is -2.35. The van der Waals surface area contributed by atoms with Gasteiger partial charge in [0.25, 0.3) is 0 Å². The van der Waals surface area contributed by atoms with Crippen molar-refractivity contribution in [2.75, 3.05) is 12.8 Å². The molecule has 0 spiro atoms. The molecule has 0 aliphatic carbocycles. The summed E-state index contributed by atoms with van der Waals surface area (Å²) in [5.74, 6) is 1.44. The monoisotopic (exact) mass is 424 g/mol. The summed E-state index contributed by atoms with van der Waals surface area (Å²) in [6.45, 7) is 3.21. The van der Waals surface area contributed by atoms with Gasteiger partial charge < -0.3 is 15.8 Å². The van der Waals surface area contributed by atoms with Crippen molar-refractivity contribution in [2.45, 2.75) is 36.6 Å². The highest BCUT2D eigenvalue weighted by Crippen LogP contribution is 2.31. The van der Waals surface area contributed by atoms with Crippen LogP contribution in [0.1, 0.15) is 31.5 Å². The second-order valence-electron chi connectivity index (χ2n) is 7.08. The Morgan fingerprint density at radius 2 is 1.86 bits per heavy atom. The first kappa shape index (κ1) is 22.3. The molecule has 9 heteroatoms. The molecule has 0 radical (unpaired) electrons. The molecule has 4 rings (SSSR count). The second-order valence-corrected chi connectivity index (χ2v) is 9.10. The molecule has 3 heterocycles. The van der Waals surface area contributed by atoms with Gasteiger partial charge in [-0.05, 0) is 44.5 Å². The Morgan fingerprint density at radius 3 is 2.50 bits per heavy atom. The Hall–Kier alpha value is -2.00. The lowest BCUT2D eigenvalue weighted by molar-refractivity contribution is 0.371. The molecule has 3 aliphatic rings. The zero-order valence-corrected chi connectivity index (χ0v) is 17.4. The lowest BCUT2D eigenvalue weighted by atomic mass is 9.92. The predicted octanol–water partition coefficient (Wildman–Crippen LogP) is 2.43. The summed E-state index contributed by atoms with van der Waals surface area (Å²) in [4.78, 5) is 13.0. The van der Waals surface area contributed by atoms with Gasteiger partial charge in [0.2, 0.25) is 0 Å². The fraction of sp³-hybridized carbons (Fsp3) is 0.368. The van der Waals surface area contributed by atoms with Gasteiger partial charge in [0.15, 0.2) is 9.84 Å². The minimum absolute atomic E-state index is 0. The van der Waals surface area contributed by atoms with Crippen LogP contribution in [0.2, 0.25) is 0 Å². The molecule has 2 atom stereocenters. The topological polar surface area (TPSA) is 119 Å². The fourth-order valence-corrected chi connectivity index (χ4v) is 4.17. The van der Waals surface area contributed by atoms with Crippen molar-refractivity contribution in [1.29, 1.82) is 0 Å². The average molecular weight is 425 g/mol. The fourth-order valence-electron chi connectivity index (χ4n) is 3.54. The smallest absolute Gasteiger partial charge is 0.175 e. The standard InChI is InChI=1S/C19H22N4O2S.ClH.H2O/c1-12-9-14(7-8-20-12)19-21-11-18-17(23-19)10-16(22-18)13-3-5-15(6-4-13)26(2,24)25;;/h3-6,10-12,14,20H,7-9H2,1-2H3,(H,21,23);1H;1H2. The van der Waals surface area contributed by atoms with Gasteiger partial charge in [-0.2, -0.15) is 0 Å². The molecule has 7 nitrogen and oxygen atoms in total. The summed E-state index contributed by atoms with van der Waals surface area (Å²) in [6.07, 6.45) is 5.18. The molecule has 152 valence electrons. The highest BCUT2D eigenvalue weighted by atomic mass is 35.5. The number of benzene rings is 1. The highest BCUT2D eigenvalue weighted by molar-refractivity contribution is 7.90. The molecule has 4 N–H and O–H groups in total. The van der Waals surface area contributed by atoms with Crippen molar-refractivity contribution in [3.05, 3.63) is 42.4 Å². The van der Waals surface area contributed by atoms with E-state index in [4.69, 9.17) is 0 Å². The first-order valence-electron chi connectivity index (χ1n) is 8.80. The third-order valence-corrected chi connectivity index (χ3v) is 6.10. The number of halogens is 1. The summed E-state index contributed by atoms with van der Waals surface area (Å²) in [6, 6.07) is 9.32. The van der Waals surface area contributed by atoms with Gasteiger partial charge in [0.05, 0.1) is 22.5 Å². The van der Waals surface area contributed by atoms with Crippen LogP contribution >= 0.6 is 12.4 Å². The number of hydrogen-bond donors (Lipinski definition) is 2. The number of piperidine rings is 1. The molecule has 3 aliphatic heterocycles. The third-order valence-electron chi connectivity index (χ3n) is 4.98. The molecule has 1 aromatic rings. The molecule has 28 heavy (non-hydrogen) atoms. The van der Waals surface area contributed by atoms with E-state index >= 15 is 0 Å². The molecule has 1 fully saturated rings. The van der Waals surface area contributed by atoms with E-state index in [9.17, 15) is 8.42 Å². The summed E-state index contributed by atoms with van der Waals surface area (Å²) in [5.41, 5.74) is 3.48. The zero-order chi connectivity index (χ0) is 18.3. The molecule has 0 saturated carbocycles. The second kappa shape index (κ2) is 8.57. The van der Waals surface area contributed by atoms with Crippen molar-refractivity contribution < 1.29 is 13.9 Å². The Bertz CT molecular complexity index is 1000. The molecule has 0 bridgehead atoms. The maximum atomic E-state index is 11.6. The van der Waals surface area contributed by atoms with Crippen LogP contribution < -0.4 is 5.32 Å². The van der Waals surface area contributed by atoms with Gasteiger partial charge in [-0.1, -0.05) is 12.1 Å². The van der Waals surface area contributed by atoms with E-state index in [0.29, 0.717) is 16.9 Å². The minimum atomic E-state index is -3.19. The molecule has 0 amide bonds. The number of sulfone groups is 1. The van der Waals surface area contributed by atoms with E-state index < -0.39 is 9.84 Å². The summed E-state index contributed by atoms with van der Waals surface area (Å²) < 4.78 is 23.2. The van der Waals surface area contributed by atoms with E-state index in [1.807, 2.05) is 12.3 Å². The lowest BCUT2D eigenvalue weighted by Gasteiger charge is -2.27. The summed E-state index contributed by atoms with van der Waals surface area (Å²) >= 11 is 0. The van der Waals surface area contributed by atoms with Crippen LogP contribution in [-0.2, 0) is 9.84 Å². The maximum Gasteiger partial charge on any atom is 0.175 e. The van der Waals surface area contributed by atoms with Crippen LogP contribution in [-0.4, -0.2) is 47.7 Å². The SMILES string of the molecule is CC1CC(c2ncc3nc(-c4ccc(S(C)(=O)=O)cc4)cc-3[nH]2)CCN1.Cl.O. The van der Waals surface area contributed by atoms with Gasteiger partial charge in [0, 0.05) is 23.8 Å². The molecular weight excluding hydrogens is 400 g/mol. The third kappa shape index (κ3) is 4.52. The van der Waals surface area contributed by atoms with Crippen molar-refractivity contribution in [3.63, 3.8) is 0 Å². The molecule has 0 aromatic heterocycles. The van der Waals surface area contributed by atoms with E-state index in [1.54, 1.807) is 24.3 Å². The maximum absolute atomic E-state index is 11.6. The van der Waals surface area contributed by atoms with Crippen LogP contribution in [0.4, 0.5) is 0 Å². The highest BCUT2D eigenvalue weighted by Gasteiger charge is 2.23. The van der Waals surface area contributed by atoms with Crippen molar-refractivity contribution >= 4 is 22.2 Å². The number of nitrogens with zero attached hydrogens (tertiary/aromatic N) is 2. The van der Waals surface area contributed by atoms with Gasteiger partial charge in [0.1, 0.15) is 11.5 Å². The number of fused-ring (bicyclic) bond motifs is 1. The Balaban J connectivity index is 0.00000140. The normalized spacial score (nSPS) is 19.6. The van der Waals surface area contributed by atoms with Gasteiger partial charge in [-0.25, -0.2) is 18.4 Å². The van der Waals surface area contributed by atoms with Crippen molar-refractivity contribution in [2.24, 2.45) is 0 Å². The largest absolute Gasteiger partial charge is 0.412 e. The van der Waals surface area contributed by atoms with E-state index in [0.717, 1.165) is 47.9 Å². The van der Waals surface area contributed by atoms with E-state index in [-0.39, 0.29) is 17.9 Å². The van der Waals surface area contributed by atoms with Crippen LogP contribution in [0.3, 0.4) is 0 Å². The molecular formula is C19H25ClN4O3S. The van der Waals surface area contributed by atoms with E-state index in [1.165, 1.54) is 6.26 Å². The average Bonchev–Trinajstić information content (AvgIpc) is 3.04. The Labute approximate surface area is 171 Å². The number of H-pyrrole nitrogens is 1. The molecule has 1 aromatic carbocycles. The zero-order valence-electron chi connectivity index (χ0n) is 15.8. The van der Waals surface area contributed by atoms with E-state index in [2.05, 4.69) is 27.2 Å². The van der Waals surface area contributed by atoms with Crippen LogP contribution in [0.25, 0.3) is 22.6 Å². The first-order valence-corrected chi connectivity index (χ1v) is 10.7. The Morgan fingerprint density at radius 1 is 1.14 bits per heavy atom. The van der Waals surface area contributed by atoms with Gasteiger partial charge in [-0.3, -0.25) is 0 Å². The summed E-state index contributed by atoms with van der Waals surface area (Å²) in [5, 5.41) is 3.46. The quantitative estimate of drug-likeness (QED) is 0.669. The van der Waals surface area contributed by atoms with Crippen molar-refractivity contribution in [1.82, 2.24) is 20.3 Å². The van der Waals surface area contributed by atoms with Crippen LogP contribution in [0, 0.1) is 0 Å². The predicted molar refractivity (Wildman–Crippen MR) is 112 cm³/mol. The van der Waals surface area contributed by atoms with Crippen LogP contribution in [0.15, 0.2) is 41.4 Å². The van der Waals surface area contributed by atoms with Crippen molar-refractivity contribution in [3.8, 4) is 22.6 Å². The first-order chi connectivity index (χ1) is 12.4. The summed E-state index contributed by atoms with van der Waals surface area (Å²) in [7, 11) is -3.19. The Kier molecular flexibility index (Phi) is 6.82. The number of aromatic nitrogens is 3. The number of aromatic amines is 1. The van der Waals surface area contributed by atoms with Crippen LogP contribution in [0.5, 0.6) is 0 Å². The van der Waals surface area contributed by atoms with Gasteiger partial charge in [-0.15, -0.1) is 12.4 Å². The molecule has 1 saturated heterocycles. The number of nitrogens with one attached hydrogen (secondary N) is 2. The minimum Gasteiger partial charge on any atom is -0.412 e. The van der Waals surface area contributed by atoms with Gasteiger partial charge >= 0.3 is 0 Å². The number of rotatable bonds is 3. The molecule has 2 unspecified atom stereocenters. The number of hydrogen-bond acceptors (Lipinski definition) is 5.